The predicted octanol–water partition coefficient (Wildman–Crippen LogP) is -1.51. The molecular formula is C14H18NO9S-. The molecule has 25 heavy (non-hydrogen) atoms. The summed E-state index contributed by atoms with van der Waals surface area (Å²) in [4.78, 5) is 11.4. The third-order valence-electron chi connectivity index (χ3n) is 3.45. The molecule has 0 spiro atoms. The van der Waals surface area contributed by atoms with Crippen LogP contribution in [0.4, 0.5) is 0 Å². The van der Waals surface area contributed by atoms with Crippen molar-refractivity contribution in [1.29, 1.82) is 0 Å². The zero-order chi connectivity index (χ0) is 18.6. The number of rotatable bonds is 6. The average Bonchev–Trinajstić information content (AvgIpc) is 2.53. The molecule has 0 radical (unpaired) electrons. The van der Waals surface area contributed by atoms with Crippen molar-refractivity contribution in [3.05, 3.63) is 30.3 Å². The number of ether oxygens (including phenoxy) is 2. The van der Waals surface area contributed by atoms with Gasteiger partial charge in [0.2, 0.25) is 22.6 Å². The van der Waals surface area contributed by atoms with Gasteiger partial charge < -0.3 is 29.6 Å². The van der Waals surface area contributed by atoms with Crippen LogP contribution in [-0.4, -0.2) is 66.3 Å². The summed E-state index contributed by atoms with van der Waals surface area (Å²) in [6.07, 6.45) is -6.02. The van der Waals surface area contributed by atoms with Gasteiger partial charge in [0.05, 0.1) is 6.61 Å². The molecule has 2 rings (SSSR count). The van der Waals surface area contributed by atoms with E-state index in [0.717, 1.165) is 0 Å². The van der Waals surface area contributed by atoms with Gasteiger partial charge in [-0.2, -0.15) is 0 Å². The van der Waals surface area contributed by atoms with E-state index in [0.29, 0.717) is 5.75 Å². The second kappa shape index (κ2) is 8.08. The van der Waals surface area contributed by atoms with Crippen LogP contribution in [0.15, 0.2) is 30.3 Å². The van der Waals surface area contributed by atoms with Gasteiger partial charge in [0.15, 0.2) is 0 Å². The van der Waals surface area contributed by atoms with Gasteiger partial charge in [0.25, 0.3) is 0 Å². The first-order valence-electron chi connectivity index (χ1n) is 7.28. The van der Waals surface area contributed by atoms with Crippen molar-refractivity contribution in [2.45, 2.75) is 37.6 Å². The topological polar surface area (TPSA) is 154 Å². The van der Waals surface area contributed by atoms with Gasteiger partial charge in [0, 0.05) is 6.92 Å². The molecule has 1 aliphatic rings. The minimum Gasteiger partial charge on any atom is -0.726 e. The number of para-hydroxylation sites is 1. The Morgan fingerprint density at radius 2 is 2.00 bits per heavy atom. The van der Waals surface area contributed by atoms with Gasteiger partial charge in [-0.3, -0.25) is 8.98 Å². The number of nitrogens with one attached hydrogen (secondary N) is 1. The van der Waals surface area contributed by atoms with Crippen molar-refractivity contribution in [2.75, 3.05) is 6.61 Å². The first kappa shape index (κ1) is 19.6. The number of carbonyl (C=O) groups is 1. The minimum absolute atomic E-state index is 0.350. The van der Waals surface area contributed by atoms with E-state index in [1.165, 1.54) is 6.92 Å². The van der Waals surface area contributed by atoms with Crippen molar-refractivity contribution in [3.8, 4) is 5.75 Å². The van der Waals surface area contributed by atoms with Crippen LogP contribution in [0.25, 0.3) is 0 Å². The summed E-state index contributed by atoms with van der Waals surface area (Å²) in [6.45, 7) is 0.420. The highest BCUT2D eigenvalue weighted by Gasteiger charge is 2.48. The molecule has 0 saturated carbocycles. The van der Waals surface area contributed by atoms with Crippen LogP contribution < -0.4 is 10.1 Å². The Hall–Kier alpha value is -1.76. The molecule has 1 heterocycles. The highest BCUT2D eigenvalue weighted by atomic mass is 32.3. The van der Waals surface area contributed by atoms with Crippen LogP contribution in [0.3, 0.4) is 0 Å². The van der Waals surface area contributed by atoms with Gasteiger partial charge >= 0.3 is 0 Å². The number of aliphatic hydroxyl groups is 2. The van der Waals surface area contributed by atoms with Gasteiger partial charge in [-0.15, -0.1) is 0 Å². The molecule has 11 heteroatoms. The third kappa shape index (κ3) is 5.36. The summed E-state index contributed by atoms with van der Waals surface area (Å²) in [7, 11) is -5.18. The summed E-state index contributed by atoms with van der Waals surface area (Å²) in [5, 5.41) is 22.1. The second-order valence-electron chi connectivity index (χ2n) is 5.34. The van der Waals surface area contributed by atoms with Crippen LogP contribution in [0.1, 0.15) is 6.92 Å². The maximum absolute atomic E-state index is 11.4. The zero-order valence-electron chi connectivity index (χ0n) is 13.1. The van der Waals surface area contributed by atoms with Crippen molar-refractivity contribution in [2.24, 2.45) is 0 Å². The molecule has 10 nitrogen and oxygen atoms in total. The Labute approximate surface area is 144 Å². The average molecular weight is 376 g/mol. The van der Waals surface area contributed by atoms with E-state index in [1.54, 1.807) is 30.3 Å². The maximum atomic E-state index is 11.4. The Morgan fingerprint density at radius 1 is 1.36 bits per heavy atom. The molecule has 140 valence electrons. The lowest BCUT2D eigenvalue weighted by molar-refractivity contribution is -0.239. The van der Waals surface area contributed by atoms with Crippen LogP contribution >= 0.6 is 0 Å². The highest BCUT2D eigenvalue weighted by molar-refractivity contribution is 7.80. The quantitative estimate of drug-likeness (QED) is 0.397. The second-order valence-corrected chi connectivity index (χ2v) is 6.35. The van der Waals surface area contributed by atoms with E-state index in [2.05, 4.69) is 9.50 Å². The highest BCUT2D eigenvalue weighted by Crippen LogP contribution is 2.27. The Morgan fingerprint density at radius 3 is 2.52 bits per heavy atom. The number of hydrogen-bond acceptors (Lipinski definition) is 9. The van der Waals surface area contributed by atoms with Crippen LogP contribution in [-0.2, 0) is 24.1 Å². The van der Waals surface area contributed by atoms with E-state index in [-0.39, 0.29) is 0 Å². The number of aliphatic hydroxyl groups excluding tert-OH is 2. The number of carbonyl (C=O) groups excluding carboxylic acids is 1. The predicted molar refractivity (Wildman–Crippen MR) is 81.0 cm³/mol. The molecule has 1 aliphatic heterocycles. The van der Waals surface area contributed by atoms with Crippen molar-refractivity contribution in [1.82, 2.24) is 5.32 Å². The lowest BCUT2D eigenvalue weighted by Gasteiger charge is -2.43. The van der Waals surface area contributed by atoms with E-state index in [9.17, 15) is 28.0 Å². The molecule has 1 fully saturated rings. The monoisotopic (exact) mass is 376 g/mol. The van der Waals surface area contributed by atoms with Gasteiger partial charge in [0.1, 0.15) is 30.1 Å². The lowest BCUT2D eigenvalue weighted by Crippen LogP contribution is -2.66. The summed E-state index contributed by atoms with van der Waals surface area (Å²) in [6, 6.07) is 7.06. The Balaban J connectivity index is 2.27. The molecule has 1 amide bonds. The van der Waals surface area contributed by atoms with Gasteiger partial charge in [-0.1, -0.05) is 18.2 Å². The standard InChI is InChI=1S/C14H19NO9S/c1-8(17)15-11-12(18)13(24-25(19,20)21)10(7-16)23-14(11)22-9-5-3-2-4-6-9/h2-6,10-14,16,18H,7H2,1H3,(H,15,17)(H,19,20,21)/p-1/t10?,11?,12-,13?,14-/m1/s1. The first-order valence-corrected chi connectivity index (χ1v) is 8.62. The maximum Gasteiger partial charge on any atom is 0.223 e. The number of benzene rings is 1. The molecule has 5 atom stereocenters. The van der Waals surface area contributed by atoms with E-state index in [4.69, 9.17) is 9.47 Å². The van der Waals surface area contributed by atoms with Crippen LogP contribution in [0.2, 0.25) is 0 Å². The van der Waals surface area contributed by atoms with Crippen molar-refractivity contribution in [3.63, 3.8) is 0 Å². The molecule has 0 bridgehead atoms. The minimum atomic E-state index is -5.18. The summed E-state index contributed by atoms with van der Waals surface area (Å²) in [5.41, 5.74) is 0. The lowest BCUT2D eigenvalue weighted by atomic mass is 9.97. The molecular weight excluding hydrogens is 358 g/mol. The SMILES string of the molecule is CC(=O)NC1[C@H](Oc2ccccc2)OC(CO)C(OS(=O)(=O)[O-])[C@@H]1O. The smallest absolute Gasteiger partial charge is 0.223 e. The molecule has 3 unspecified atom stereocenters. The number of amides is 1. The zero-order valence-corrected chi connectivity index (χ0v) is 14.0. The summed E-state index contributed by atoms with van der Waals surface area (Å²) in [5.74, 6) is -0.206. The van der Waals surface area contributed by atoms with E-state index < -0.39 is 53.6 Å². The number of hydrogen-bond donors (Lipinski definition) is 3. The van der Waals surface area contributed by atoms with Crippen molar-refractivity contribution >= 4 is 16.3 Å². The fourth-order valence-corrected chi connectivity index (χ4v) is 2.95. The fourth-order valence-electron chi connectivity index (χ4n) is 2.44. The van der Waals surface area contributed by atoms with Crippen molar-refractivity contribution < 1.29 is 41.6 Å². The van der Waals surface area contributed by atoms with Gasteiger partial charge in [-0.25, -0.2) is 8.42 Å². The normalized spacial score (nSPS) is 29.8. The van der Waals surface area contributed by atoms with E-state index >= 15 is 0 Å². The summed E-state index contributed by atoms with van der Waals surface area (Å²) < 4.78 is 47.8. The summed E-state index contributed by atoms with van der Waals surface area (Å²) >= 11 is 0. The Bertz CT molecular complexity index is 681. The molecule has 1 aromatic carbocycles. The third-order valence-corrected chi connectivity index (χ3v) is 3.91. The molecule has 1 aromatic rings. The molecule has 1 saturated heterocycles. The Kier molecular flexibility index (Phi) is 6.32. The van der Waals surface area contributed by atoms with Crippen LogP contribution in [0, 0.1) is 0 Å². The van der Waals surface area contributed by atoms with Crippen LogP contribution in [0.5, 0.6) is 5.75 Å². The van der Waals surface area contributed by atoms with E-state index in [1.807, 2.05) is 0 Å². The molecule has 3 N–H and O–H groups in total. The largest absolute Gasteiger partial charge is 0.726 e. The van der Waals surface area contributed by atoms with Gasteiger partial charge in [-0.05, 0) is 12.1 Å². The molecule has 0 aliphatic carbocycles. The first-order chi connectivity index (χ1) is 11.7. The fraction of sp³-hybridized carbons (Fsp3) is 0.500. The molecule has 0 aromatic heterocycles.